The van der Waals surface area contributed by atoms with Gasteiger partial charge in [-0.25, -0.2) is 4.79 Å². The van der Waals surface area contributed by atoms with E-state index in [2.05, 4.69) is 4.90 Å². The smallest absolute Gasteiger partial charge is 0.337 e. The normalized spacial score (nSPS) is 21.9. The molecule has 76 valence electrons. The van der Waals surface area contributed by atoms with Crippen molar-refractivity contribution in [3.8, 4) is 0 Å². The van der Waals surface area contributed by atoms with E-state index >= 15 is 0 Å². The molecule has 4 nitrogen and oxygen atoms in total. The molecule has 0 aromatic carbocycles. The van der Waals surface area contributed by atoms with Crippen molar-refractivity contribution in [2.24, 2.45) is 0 Å². The Labute approximate surface area is 82.5 Å². The fourth-order valence-electron chi connectivity index (χ4n) is 1.83. The van der Waals surface area contributed by atoms with Crippen LogP contribution in [0.5, 0.6) is 0 Å². The van der Waals surface area contributed by atoms with Crippen molar-refractivity contribution in [1.29, 1.82) is 0 Å². The highest BCUT2D eigenvalue weighted by atomic mass is 16.5. The highest BCUT2D eigenvalue weighted by Crippen LogP contribution is 2.22. The largest absolute Gasteiger partial charge is 0.478 e. The second-order valence-electron chi connectivity index (χ2n) is 3.38. The third kappa shape index (κ3) is 1.65. The lowest BCUT2D eigenvalue weighted by Gasteiger charge is -2.27. The van der Waals surface area contributed by atoms with E-state index in [4.69, 9.17) is 9.84 Å². The Hall–Kier alpha value is -1.29. The first-order chi connectivity index (χ1) is 6.79. The molecule has 2 heterocycles. The number of carboxylic acid groups (broad SMARTS) is 1. The van der Waals surface area contributed by atoms with Crippen LogP contribution in [0, 0.1) is 0 Å². The molecule has 0 bridgehead atoms. The number of hydrogen-bond acceptors (Lipinski definition) is 3. The molecule has 1 fully saturated rings. The van der Waals surface area contributed by atoms with Crippen LogP contribution in [0.1, 0.15) is 6.42 Å². The summed E-state index contributed by atoms with van der Waals surface area (Å²) in [5.41, 5.74) is 1.33. The highest BCUT2D eigenvalue weighted by molar-refractivity contribution is 5.91. The first-order valence-electron chi connectivity index (χ1n) is 4.74. The monoisotopic (exact) mass is 195 g/mol. The Balaban J connectivity index is 2.32. The lowest BCUT2D eigenvalue weighted by Crippen LogP contribution is -2.29. The number of carbonyl (C=O) groups is 1. The molecular weight excluding hydrogens is 182 g/mol. The predicted molar refractivity (Wildman–Crippen MR) is 50.8 cm³/mol. The van der Waals surface area contributed by atoms with Gasteiger partial charge in [0.15, 0.2) is 0 Å². The molecule has 0 atom stereocenters. The van der Waals surface area contributed by atoms with Crippen LogP contribution < -0.4 is 0 Å². The van der Waals surface area contributed by atoms with Crippen LogP contribution in [0.3, 0.4) is 0 Å². The van der Waals surface area contributed by atoms with E-state index in [0.717, 1.165) is 18.8 Å². The van der Waals surface area contributed by atoms with Crippen molar-refractivity contribution in [1.82, 2.24) is 4.90 Å². The average molecular weight is 195 g/mol. The standard InChI is InChI=1S/C10H13NO3/c12-10(13)8-2-1-4-11-5-7-14-6-3-9(8)11/h1-2H,3-7H2,(H,12,13). The lowest BCUT2D eigenvalue weighted by atomic mass is 10.1. The lowest BCUT2D eigenvalue weighted by molar-refractivity contribution is -0.132. The average Bonchev–Trinajstić information content (AvgIpc) is 2.41. The van der Waals surface area contributed by atoms with Crippen molar-refractivity contribution in [2.75, 3.05) is 26.3 Å². The van der Waals surface area contributed by atoms with Gasteiger partial charge in [-0.15, -0.1) is 0 Å². The summed E-state index contributed by atoms with van der Waals surface area (Å²) in [5.74, 6) is -0.845. The zero-order valence-electron chi connectivity index (χ0n) is 7.90. The Morgan fingerprint density at radius 3 is 3.14 bits per heavy atom. The van der Waals surface area contributed by atoms with Gasteiger partial charge in [-0.05, 0) is 6.08 Å². The molecule has 0 saturated carbocycles. The number of aliphatic carboxylic acids is 1. The van der Waals surface area contributed by atoms with Gasteiger partial charge in [-0.1, -0.05) is 6.08 Å². The zero-order valence-corrected chi connectivity index (χ0v) is 7.90. The van der Waals surface area contributed by atoms with Crippen molar-refractivity contribution in [2.45, 2.75) is 6.42 Å². The summed E-state index contributed by atoms with van der Waals surface area (Å²) in [6.07, 6.45) is 4.28. The second kappa shape index (κ2) is 3.84. The Morgan fingerprint density at radius 2 is 2.36 bits per heavy atom. The molecule has 0 spiro atoms. The van der Waals surface area contributed by atoms with Crippen LogP contribution in [-0.4, -0.2) is 42.3 Å². The Morgan fingerprint density at radius 1 is 1.50 bits per heavy atom. The Kier molecular flexibility index (Phi) is 2.54. The third-order valence-corrected chi connectivity index (χ3v) is 2.52. The zero-order chi connectivity index (χ0) is 9.97. The quantitative estimate of drug-likeness (QED) is 0.666. The van der Waals surface area contributed by atoms with Crippen LogP contribution >= 0.6 is 0 Å². The van der Waals surface area contributed by atoms with Crippen LogP contribution in [0.4, 0.5) is 0 Å². The number of ether oxygens (including phenoxy) is 1. The molecule has 2 rings (SSSR count). The molecular formula is C10H13NO3. The third-order valence-electron chi connectivity index (χ3n) is 2.52. The summed E-state index contributed by atoms with van der Waals surface area (Å²) in [5, 5.41) is 8.99. The Bertz CT molecular complexity index is 306. The van der Waals surface area contributed by atoms with Crippen molar-refractivity contribution >= 4 is 5.97 Å². The minimum absolute atomic E-state index is 0.418. The first-order valence-corrected chi connectivity index (χ1v) is 4.74. The molecule has 2 aliphatic heterocycles. The number of hydrogen-bond donors (Lipinski definition) is 1. The molecule has 0 unspecified atom stereocenters. The number of nitrogens with zero attached hydrogens (tertiary/aromatic N) is 1. The van der Waals surface area contributed by atoms with Gasteiger partial charge < -0.3 is 14.7 Å². The van der Waals surface area contributed by atoms with Crippen LogP contribution in [0.2, 0.25) is 0 Å². The molecule has 0 aliphatic carbocycles. The highest BCUT2D eigenvalue weighted by Gasteiger charge is 2.22. The molecule has 14 heavy (non-hydrogen) atoms. The molecule has 0 aromatic heterocycles. The van der Waals surface area contributed by atoms with Gasteiger partial charge in [0.1, 0.15) is 0 Å². The maximum Gasteiger partial charge on any atom is 0.337 e. The predicted octanol–water partition coefficient (Wildman–Crippen LogP) is 0.617. The molecule has 1 saturated heterocycles. The van der Waals surface area contributed by atoms with Crippen LogP contribution in [-0.2, 0) is 9.53 Å². The maximum absolute atomic E-state index is 10.9. The summed E-state index contributed by atoms with van der Waals surface area (Å²) in [6, 6.07) is 0. The fourth-order valence-corrected chi connectivity index (χ4v) is 1.83. The van der Waals surface area contributed by atoms with Gasteiger partial charge in [0.25, 0.3) is 0 Å². The van der Waals surface area contributed by atoms with Crippen molar-refractivity contribution < 1.29 is 14.6 Å². The molecule has 0 amide bonds. The first kappa shape index (κ1) is 9.27. The van der Waals surface area contributed by atoms with Crippen LogP contribution in [0.25, 0.3) is 0 Å². The second-order valence-corrected chi connectivity index (χ2v) is 3.38. The van der Waals surface area contributed by atoms with E-state index in [1.54, 1.807) is 6.08 Å². The summed E-state index contributed by atoms with van der Waals surface area (Å²) >= 11 is 0. The molecule has 0 radical (unpaired) electrons. The van der Waals surface area contributed by atoms with E-state index in [0.29, 0.717) is 25.2 Å². The summed E-state index contributed by atoms with van der Waals surface area (Å²) in [7, 11) is 0. The topological polar surface area (TPSA) is 49.8 Å². The number of carboxylic acids is 1. The molecule has 0 aromatic rings. The van der Waals surface area contributed by atoms with Crippen molar-refractivity contribution in [3.05, 3.63) is 23.4 Å². The molecule has 2 aliphatic rings. The fraction of sp³-hybridized carbons (Fsp3) is 0.500. The molecule has 4 heteroatoms. The molecule has 1 N–H and O–H groups in total. The number of rotatable bonds is 1. The van der Waals surface area contributed by atoms with Gasteiger partial charge in [-0.3, -0.25) is 0 Å². The van der Waals surface area contributed by atoms with Crippen LogP contribution in [0.15, 0.2) is 23.4 Å². The summed E-state index contributed by atoms with van der Waals surface area (Å²) < 4.78 is 5.32. The van der Waals surface area contributed by atoms with E-state index in [9.17, 15) is 4.79 Å². The number of fused-ring (bicyclic) bond motifs is 1. The van der Waals surface area contributed by atoms with Gasteiger partial charge in [-0.2, -0.15) is 0 Å². The summed E-state index contributed by atoms with van der Waals surface area (Å²) in [6.45, 7) is 2.90. The van der Waals surface area contributed by atoms with Gasteiger partial charge in [0.05, 0.1) is 18.8 Å². The maximum atomic E-state index is 10.9. The minimum Gasteiger partial charge on any atom is -0.478 e. The van der Waals surface area contributed by atoms with E-state index < -0.39 is 5.97 Å². The van der Waals surface area contributed by atoms with Gasteiger partial charge in [0, 0.05) is 25.2 Å². The van der Waals surface area contributed by atoms with Crippen molar-refractivity contribution in [3.63, 3.8) is 0 Å². The van der Waals surface area contributed by atoms with E-state index in [-0.39, 0.29) is 0 Å². The van der Waals surface area contributed by atoms with E-state index in [1.165, 1.54) is 0 Å². The minimum atomic E-state index is -0.845. The summed E-state index contributed by atoms with van der Waals surface area (Å²) in [4.78, 5) is 13.0. The SMILES string of the molecule is O=C(O)C1=C2CCOCCN2CC=C1. The van der Waals surface area contributed by atoms with Gasteiger partial charge in [0.2, 0.25) is 0 Å². The van der Waals surface area contributed by atoms with Gasteiger partial charge >= 0.3 is 5.97 Å². The van der Waals surface area contributed by atoms with E-state index in [1.807, 2.05) is 6.08 Å².